The average Bonchev–Trinajstić information content (AvgIpc) is 3.03. The minimum Gasteiger partial charge on any atom is -0.314 e. The minimum atomic E-state index is 0.208. The zero-order valence-corrected chi connectivity index (χ0v) is 13.3. The van der Waals surface area contributed by atoms with Gasteiger partial charge in [-0.15, -0.1) is 10.2 Å². The van der Waals surface area contributed by atoms with E-state index in [1.807, 2.05) is 0 Å². The van der Waals surface area contributed by atoms with Gasteiger partial charge in [0.25, 0.3) is 0 Å². The Morgan fingerprint density at radius 1 is 1.14 bits per heavy atom. The van der Waals surface area contributed by atoms with E-state index < -0.39 is 0 Å². The van der Waals surface area contributed by atoms with E-state index >= 15 is 0 Å². The second kappa shape index (κ2) is 5.60. The highest BCUT2D eigenvalue weighted by Crippen LogP contribution is 2.24. The normalized spacial score (nSPS) is 16.8. The molecule has 2 aromatic rings. The monoisotopic (exact) mass is 284 g/mol. The van der Waals surface area contributed by atoms with Crippen LogP contribution in [0.15, 0.2) is 18.2 Å². The van der Waals surface area contributed by atoms with Crippen molar-refractivity contribution in [2.75, 3.05) is 0 Å². The summed E-state index contributed by atoms with van der Waals surface area (Å²) in [7, 11) is 0. The number of aryl methyl sites for hydroxylation is 3. The van der Waals surface area contributed by atoms with Gasteiger partial charge in [0.05, 0.1) is 6.04 Å². The first-order valence-electron chi connectivity index (χ1n) is 7.81. The second-order valence-electron chi connectivity index (χ2n) is 6.20. The molecule has 0 spiro atoms. The molecule has 0 amide bonds. The van der Waals surface area contributed by atoms with Gasteiger partial charge in [0.15, 0.2) is 0 Å². The number of nitrogens with zero attached hydrogens (tertiary/aromatic N) is 3. The molecule has 2 unspecified atom stereocenters. The van der Waals surface area contributed by atoms with E-state index in [4.69, 9.17) is 0 Å². The summed E-state index contributed by atoms with van der Waals surface area (Å²) in [6, 6.07) is 7.14. The molecule has 1 N–H and O–H groups in total. The first kappa shape index (κ1) is 14.3. The van der Waals surface area contributed by atoms with Gasteiger partial charge >= 0.3 is 0 Å². The number of benzene rings is 1. The third-order valence-corrected chi connectivity index (χ3v) is 4.43. The Bertz CT molecular complexity index is 644. The minimum absolute atomic E-state index is 0.208. The van der Waals surface area contributed by atoms with Crippen LogP contribution >= 0.6 is 0 Å². The molecule has 0 fully saturated rings. The third-order valence-electron chi connectivity index (χ3n) is 4.43. The molecule has 2 atom stereocenters. The lowest BCUT2D eigenvalue weighted by Crippen LogP contribution is -2.25. The maximum absolute atomic E-state index is 4.37. The Morgan fingerprint density at radius 2 is 1.95 bits per heavy atom. The van der Waals surface area contributed by atoms with E-state index in [0.717, 1.165) is 24.6 Å². The summed E-state index contributed by atoms with van der Waals surface area (Å²) in [4.78, 5) is 0. The number of hydrogen-bond acceptors (Lipinski definition) is 3. The van der Waals surface area contributed by atoms with Gasteiger partial charge in [-0.05, 0) is 45.2 Å². The summed E-state index contributed by atoms with van der Waals surface area (Å²) in [6.45, 7) is 9.77. The molecular weight excluding hydrogens is 260 g/mol. The van der Waals surface area contributed by atoms with E-state index in [1.165, 1.54) is 23.1 Å². The van der Waals surface area contributed by atoms with Crippen LogP contribution in [-0.4, -0.2) is 14.8 Å². The molecule has 21 heavy (non-hydrogen) atoms. The van der Waals surface area contributed by atoms with Crippen LogP contribution in [0.3, 0.4) is 0 Å². The Kier molecular flexibility index (Phi) is 3.81. The van der Waals surface area contributed by atoms with Crippen LogP contribution in [0.4, 0.5) is 0 Å². The number of rotatable bonds is 4. The van der Waals surface area contributed by atoms with Gasteiger partial charge in [0.1, 0.15) is 11.6 Å². The second-order valence-corrected chi connectivity index (χ2v) is 6.20. The van der Waals surface area contributed by atoms with E-state index in [9.17, 15) is 0 Å². The van der Waals surface area contributed by atoms with Crippen molar-refractivity contribution >= 4 is 0 Å². The number of hydrogen-bond donors (Lipinski definition) is 1. The lowest BCUT2D eigenvalue weighted by molar-refractivity contribution is 0.458. The third kappa shape index (κ3) is 2.72. The van der Waals surface area contributed by atoms with Gasteiger partial charge in [-0.25, -0.2) is 0 Å². The molecule has 1 aliphatic rings. The summed E-state index contributed by atoms with van der Waals surface area (Å²) < 4.78 is 2.27. The maximum atomic E-state index is 4.37. The number of nitrogens with one attached hydrogen (secondary N) is 1. The lowest BCUT2D eigenvalue weighted by atomic mass is 9.99. The SMILES string of the molecule is Cc1ccc(C)c(C(C)NC(C)c2nnc3n2CCC3)c1. The van der Waals surface area contributed by atoms with Crippen molar-refractivity contribution in [2.24, 2.45) is 0 Å². The van der Waals surface area contributed by atoms with E-state index in [2.05, 4.69) is 66.0 Å². The molecule has 4 heteroatoms. The van der Waals surface area contributed by atoms with Crippen molar-refractivity contribution in [3.8, 4) is 0 Å². The predicted octanol–water partition coefficient (Wildman–Crippen LogP) is 3.25. The highest BCUT2D eigenvalue weighted by Gasteiger charge is 2.22. The molecule has 1 aromatic carbocycles. The van der Waals surface area contributed by atoms with Crippen molar-refractivity contribution in [2.45, 2.75) is 59.2 Å². The molecular formula is C17H24N4. The smallest absolute Gasteiger partial charge is 0.149 e. The van der Waals surface area contributed by atoms with Crippen LogP contribution in [0, 0.1) is 13.8 Å². The number of aromatic nitrogens is 3. The first-order valence-corrected chi connectivity index (χ1v) is 7.81. The van der Waals surface area contributed by atoms with E-state index in [0.29, 0.717) is 6.04 Å². The Labute approximate surface area is 126 Å². The predicted molar refractivity (Wildman–Crippen MR) is 84.2 cm³/mol. The standard InChI is InChI=1S/C17H24N4/c1-11-7-8-12(2)15(10-11)13(3)18-14(4)17-20-19-16-6-5-9-21(16)17/h7-8,10,13-14,18H,5-6,9H2,1-4H3. The quantitative estimate of drug-likeness (QED) is 0.937. The van der Waals surface area contributed by atoms with Crippen molar-refractivity contribution in [3.05, 3.63) is 46.5 Å². The molecule has 0 bridgehead atoms. The molecule has 0 aliphatic carbocycles. The molecule has 0 radical (unpaired) electrons. The Morgan fingerprint density at radius 3 is 2.76 bits per heavy atom. The van der Waals surface area contributed by atoms with Crippen LogP contribution < -0.4 is 5.32 Å². The van der Waals surface area contributed by atoms with Crippen molar-refractivity contribution in [1.82, 2.24) is 20.1 Å². The summed E-state index contributed by atoms with van der Waals surface area (Å²) in [5.41, 5.74) is 4.00. The largest absolute Gasteiger partial charge is 0.314 e. The van der Waals surface area contributed by atoms with Gasteiger partial charge in [-0.1, -0.05) is 23.8 Å². The maximum Gasteiger partial charge on any atom is 0.149 e. The van der Waals surface area contributed by atoms with Crippen LogP contribution in [0.2, 0.25) is 0 Å². The van der Waals surface area contributed by atoms with Crippen LogP contribution in [0.25, 0.3) is 0 Å². The number of fused-ring (bicyclic) bond motifs is 1. The van der Waals surface area contributed by atoms with Crippen LogP contribution in [-0.2, 0) is 13.0 Å². The van der Waals surface area contributed by atoms with E-state index in [1.54, 1.807) is 0 Å². The van der Waals surface area contributed by atoms with Crippen LogP contribution in [0.5, 0.6) is 0 Å². The van der Waals surface area contributed by atoms with Gasteiger partial charge in [-0.2, -0.15) is 0 Å². The topological polar surface area (TPSA) is 42.7 Å². The van der Waals surface area contributed by atoms with Crippen molar-refractivity contribution in [3.63, 3.8) is 0 Å². The van der Waals surface area contributed by atoms with Gasteiger partial charge in [0, 0.05) is 19.0 Å². The molecule has 3 rings (SSSR count). The van der Waals surface area contributed by atoms with Crippen molar-refractivity contribution < 1.29 is 0 Å². The average molecular weight is 284 g/mol. The van der Waals surface area contributed by atoms with E-state index in [-0.39, 0.29) is 6.04 Å². The highest BCUT2D eigenvalue weighted by molar-refractivity contribution is 5.32. The molecule has 1 aromatic heterocycles. The fraction of sp³-hybridized carbons (Fsp3) is 0.529. The summed E-state index contributed by atoms with van der Waals surface area (Å²) in [5.74, 6) is 2.21. The molecule has 2 heterocycles. The summed E-state index contributed by atoms with van der Waals surface area (Å²) in [6.07, 6.45) is 2.25. The Balaban J connectivity index is 1.77. The molecule has 0 saturated carbocycles. The molecule has 112 valence electrons. The van der Waals surface area contributed by atoms with Gasteiger partial charge in [0.2, 0.25) is 0 Å². The summed E-state index contributed by atoms with van der Waals surface area (Å²) in [5, 5.41) is 12.4. The van der Waals surface area contributed by atoms with Crippen LogP contribution in [0.1, 0.15) is 60.7 Å². The lowest BCUT2D eigenvalue weighted by Gasteiger charge is -2.22. The zero-order chi connectivity index (χ0) is 15.0. The first-order chi connectivity index (χ1) is 10.1. The summed E-state index contributed by atoms with van der Waals surface area (Å²) >= 11 is 0. The molecule has 4 nitrogen and oxygen atoms in total. The molecule has 0 saturated heterocycles. The molecule has 1 aliphatic heterocycles. The highest BCUT2D eigenvalue weighted by atomic mass is 15.3. The fourth-order valence-corrected chi connectivity index (χ4v) is 3.26. The van der Waals surface area contributed by atoms with Gasteiger partial charge < -0.3 is 9.88 Å². The van der Waals surface area contributed by atoms with Crippen molar-refractivity contribution in [1.29, 1.82) is 0 Å². The zero-order valence-electron chi connectivity index (χ0n) is 13.3. The Hall–Kier alpha value is -1.68. The van der Waals surface area contributed by atoms with Gasteiger partial charge in [-0.3, -0.25) is 0 Å². The fourth-order valence-electron chi connectivity index (χ4n) is 3.26.